The second-order valence-electron chi connectivity index (χ2n) is 5.65. The molecule has 1 amide bonds. The minimum Gasteiger partial charge on any atom is -0.319 e. The molecule has 0 radical (unpaired) electrons. The maximum atomic E-state index is 12.5. The molecule has 4 aromatic rings. The fourth-order valence-corrected chi connectivity index (χ4v) is 3.66. The van der Waals surface area contributed by atoms with E-state index in [1.807, 2.05) is 50.4 Å². The largest absolute Gasteiger partial charge is 0.319 e. The number of nitrogens with zero attached hydrogens (tertiary/aromatic N) is 4. The number of nitrogens with one attached hydrogen (secondary N) is 1. The van der Waals surface area contributed by atoms with Crippen molar-refractivity contribution in [3.63, 3.8) is 0 Å². The van der Waals surface area contributed by atoms with Gasteiger partial charge in [0.25, 0.3) is 5.91 Å². The van der Waals surface area contributed by atoms with Crippen molar-refractivity contribution in [2.75, 3.05) is 5.32 Å². The van der Waals surface area contributed by atoms with Crippen LogP contribution in [0.3, 0.4) is 0 Å². The fourth-order valence-electron chi connectivity index (χ4n) is 2.64. The highest BCUT2D eigenvalue weighted by Gasteiger charge is 2.15. The summed E-state index contributed by atoms with van der Waals surface area (Å²) in [6, 6.07) is 11.6. The van der Waals surface area contributed by atoms with E-state index in [1.165, 1.54) is 11.3 Å². The van der Waals surface area contributed by atoms with Gasteiger partial charge in [-0.25, -0.2) is 9.97 Å². The molecule has 0 bridgehead atoms. The molecule has 4 rings (SSSR count). The van der Waals surface area contributed by atoms with Crippen molar-refractivity contribution in [3.8, 4) is 11.4 Å². The van der Waals surface area contributed by atoms with Crippen molar-refractivity contribution >= 4 is 33.1 Å². The number of amides is 1. The number of aryl methyl sites for hydroxylation is 2. The Balaban J connectivity index is 1.54. The van der Waals surface area contributed by atoms with E-state index in [9.17, 15) is 4.79 Å². The summed E-state index contributed by atoms with van der Waals surface area (Å²) < 4.78 is 1.80. The number of fused-ring (bicyclic) bond motifs is 1. The first-order valence-electron chi connectivity index (χ1n) is 7.74. The highest BCUT2D eigenvalue weighted by Crippen LogP contribution is 2.28. The van der Waals surface area contributed by atoms with Gasteiger partial charge in [-0.05, 0) is 13.0 Å². The Morgan fingerprint density at radius 1 is 1.16 bits per heavy atom. The van der Waals surface area contributed by atoms with Gasteiger partial charge >= 0.3 is 0 Å². The molecule has 0 aliphatic carbocycles. The van der Waals surface area contributed by atoms with Gasteiger partial charge in [0.05, 0.1) is 28.7 Å². The topological polar surface area (TPSA) is 72.7 Å². The molecule has 7 heteroatoms. The van der Waals surface area contributed by atoms with Gasteiger partial charge in [0.2, 0.25) is 0 Å². The minimum absolute atomic E-state index is 0.170. The molecule has 0 unspecified atom stereocenters. The van der Waals surface area contributed by atoms with Crippen LogP contribution in [0.2, 0.25) is 0 Å². The zero-order chi connectivity index (χ0) is 17.4. The summed E-state index contributed by atoms with van der Waals surface area (Å²) in [6.07, 6.45) is 3.24. The zero-order valence-electron chi connectivity index (χ0n) is 13.7. The lowest BCUT2D eigenvalue weighted by Crippen LogP contribution is -2.10. The van der Waals surface area contributed by atoms with Crippen LogP contribution in [-0.4, -0.2) is 25.7 Å². The average Bonchev–Trinajstić information content (AvgIpc) is 3.18. The van der Waals surface area contributed by atoms with Crippen LogP contribution >= 0.6 is 11.3 Å². The van der Waals surface area contributed by atoms with Gasteiger partial charge in [-0.2, -0.15) is 5.10 Å². The van der Waals surface area contributed by atoms with Gasteiger partial charge in [0.15, 0.2) is 5.82 Å². The Hall–Kier alpha value is -3.06. The number of hydrogen-bond acceptors (Lipinski definition) is 5. The third-order valence-corrected chi connectivity index (χ3v) is 5.06. The number of thiophene rings is 1. The number of anilines is 1. The SMILES string of the molecule is Cc1nn(C)c2sc(C(=O)Nc3cnc(-c4ccccc4)nc3)cc12. The van der Waals surface area contributed by atoms with E-state index in [0.717, 1.165) is 21.5 Å². The summed E-state index contributed by atoms with van der Waals surface area (Å²) in [7, 11) is 1.88. The Morgan fingerprint density at radius 3 is 2.56 bits per heavy atom. The summed E-state index contributed by atoms with van der Waals surface area (Å²) in [4.78, 5) is 22.7. The number of rotatable bonds is 3. The van der Waals surface area contributed by atoms with Crippen LogP contribution in [0.5, 0.6) is 0 Å². The highest BCUT2D eigenvalue weighted by molar-refractivity contribution is 7.20. The fraction of sp³-hybridized carbons (Fsp3) is 0.111. The molecule has 0 spiro atoms. The predicted molar refractivity (Wildman–Crippen MR) is 98.7 cm³/mol. The molecule has 6 nitrogen and oxygen atoms in total. The molecule has 124 valence electrons. The summed E-state index contributed by atoms with van der Waals surface area (Å²) in [5.74, 6) is 0.457. The molecule has 1 aromatic carbocycles. The van der Waals surface area contributed by atoms with Crippen molar-refractivity contribution < 1.29 is 4.79 Å². The van der Waals surface area contributed by atoms with E-state index in [2.05, 4.69) is 20.4 Å². The summed E-state index contributed by atoms with van der Waals surface area (Å²) >= 11 is 1.42. The molecule has 3 heterocycles. The van der Waals surface area contributed by atoms with E-state index in [1.54, 1.807) is 17.1 Å². The van der Waals surface area contributed by atoms with Crippen molar-refractivity contribution in [2.45, 2.75) is 6.92 Å². The first-order chi connectivity index (χ1) is 12.1. The highest BCUT2D eigenvalue weighted by atomic mass is 32.1. The van der Waals surface area contributed by atoms with Crippen molar-refractivity contribution in [3.05, 3.63) is 59.4 Å². The predicted octanol–water partition coefficient (Wildman–Crippen LogP) is 3.65. The second-order valence-corrected chi connectivity index (χ2v) is 6.68. The van der Waals surface area contributed by atoms with Gasteiger partial charge < -0.3 is 5.32 Å². The molecule has 1 N–H and O–H groups in total. The standard InChI is InChI=1S/C18H15N5OS/c1-11-14-8-15(25-18(14)23(2)22-11)17(24)21-13-9-19-16(20-10-13)12-6-4-3-5-7-12/h3-10H,1-2H3,(H,21,24). The quantitative estimate of drug-likeness (QED) is 0.613. The third kappa shape index (κ3) is 2.89. The Labute approximate surface area is 148 Å². The maximum Gasteiger partial charge on any atom is 0.265 e. The van der Waals surface area contributed by atoms with Gasteiger partial charge in [-0.1, -0.05) is 30.3 Å². The van der Waals surface area contributed by atoms with Gasteiger partial charge in [0.1, 0.15) is 4.83 Å². The van der Waals surface area contributed by atoms with Gasteiger partial charge in [-0.15, -0.1) is 11.3 Å². The smallest absolute Gasteiger partial charge is 0.265 e. The maximum absolute atomic E-state index is 12.5. The summed E-state index contributed by atoms with van der Waals surface area (Å²) in [6.45, 7) is 1.94. The Morgan fingerprint density at radius 2 is 1.88 bits per heavy atom. The van der Waals surface area contributed by atoms with Crippen LogP contribution in [0.15, 0.2) is 48.8 Å². The molecule has 0 atom stereocenters. The number of carbonyl (C=O) groups excluding carboxylic acids is 1. The average molecular weight is 349 g/mol. The normalized spacial score (nSPS) is 11.0. The lowest BCUT2D eigenvalue weighted by molar-refractivity contribution is 0.103. The van der Waals surface area contributed by atoms with Crippen LogP contribution in [0.4, 0.5) is 5.69 Å². The number of carbonyl (C=O) groups is 1. The minimum atomic E-state index is -0.170. The molecule has 0 aliphatic rings. The Kier molecular flexibility index (Phi) is 3.77. The molecular weight excluding hydrogens is 334 g/mol. The third-order valence-electron chi connectivity index (χ3n) is 3.86. The monoisotopic (exact) mass is 349 g/mol. The van der Waals surface area contributed by atoms with Crippen LogP contribution in [0.25, 0.3) is 21.6 Å². The molecule has 25 heavy (non-hydrogen) atoms. The molecular formula is C18H15N5OS. The number of aromatic nitrogens is 4. The summed E-state index contributed by atoms with van der Waals surface area (Å²) in [5.41, 5.74) is 2.42. The van der Waals surface area contributed by atoms with E-state index >= 15 is 0 Å². The van der Waals surface area contributed by atoms with Crippen LogP contribution in [0, 0.1) is 6.92 Å². The van der Waals surface area contributed by atoms with Crippen LogP contribution in [-0.2, 0) is 7.05 Å². The zero-order valence-corrected chi connectivity index (χ0v) is 14.5. The van der Waals surface area contributed by atoms with E-state index in [-0.39, 0.29) is 5.91 Å². The van der Waals surface area contributed by atoms with Gasteiger partial charge in [-0.3, -0.25) is 9.48 Å². The first kappa shape index (κ1) is 15.5. The molecule has 0 fully saturated rings. The molecule has 0 aliphatic heterocycles. The number of benzene rings is 1. The number of hydrogen-bond donors (Lipinski definition) is 1. The van der Waals surface area contributed by atoms with Crippen molar-refractivity contribution in [2.24, 2.45) is 7.05 Å². The second kappa shape index (κ2) is 6.10. The van der Waals surface area contributed by atoms with E-state index in [0.29, 0.717) is 16.4 Å². The Bertz CT molecular complexity index is 1020. The lowest BCUT2D eigenvalue weighted by Gasteiger charge is -2.04. The van der Waals surface area contributed by atoms with Crippen molar-refractivity contribution in [1.82, 2.24) is 19.7 Å². The molecule has 0 saturated heterocycles. The summed E-state index contributed by atoms with van der Waals surface area (Å²) in [5, 5.41) is 8.20. The first-order valence-corrected chi connectivity index (χ1v) is 8.55. The van der Waals surface area contributed by atoms with Crippen molar-refractivity contribution in [1.29, 1.82) is 0 Å². The molecule has 0 saturated carbocycles. The van der Waals surface area contributed by atoms with Gasteiger partial charge in [0, 0.05) is 18.0 Å². The van der Waals surface area contributed by atoms with E-state index in [4.69, 9.17) is 0 Å². The van der Waals surface area contributed by atoms with E-state index < -0.39 is 0 Å². The van der Waals surface area contributed by atoms with Crippen LogP contribution < -0.4 is 5.32 Å². The van der Waals surface area contributed by atoms with Crippen LogP contribution in [0.1, 0.15) is 15.4 Å². The molecule has 3 aromatic heterocycles. The lowest BCUT2D eigenvalue weighted by atomic mass is 10.2.